The zero-order valence-electron chi connectivity index (χ0n) is 6.86. The summed E-state index contributed by atoms with van der Waals surface area (Å²) in [4.78, 5) is 5.13. The Balaban J connectivity index is 2.37. The molecule has 1 aromatic heterocycles. The van der Waals surface area contributed by atoms with Gasteiger partial charge in [0.05, 0.1) is 0 Å². The van der Waals surface area contributed by atoms with E-state index in [1.165, 1.54) is 0 Å². The minimum atomic E-state index is 0.568. The Hall–Kier alpha value is -0.740. The summed E-state index contributed by atoms with van der Waals surface area (Å²) < 4.78 is 0. The minimum Gasteiger partial charge on any atom is -0.384 e. The lowest BCUT2D eigenvalue weighted by Crippen LogP contribution is -1.99. The standard InChI is InChI=1S/C8H13N3S/c9-4-1-5-12-7-2-3-8(10)11-6-7/h2-3,6H,1,4-5,9H2,(H2,10,11). The van der Waals surface area contributed by atoms with Crippen LogP contribution in [0.15, 0.2) is 23.2 Å². The molecule has 4 N–H and O–H groups in total. The van der Waals surface area contributed by atoms with Crippen LogP contribution in [0.25, 0.3) is 0 Å². The SMILES string of the molecule is NCCCSc1ccc(N)nc1. The third-order valence-electron chi connectivity index (χ3n) is 1.38. The van der Waals surface area contributed by atoms with Gasteiger partial charge in [0.2, 0.25) is 0 Å². The van der Waals surface area contributed by atoms with E-state index >= 15 is 0 Å². The van der Waals surface area contributed by atoms with Crippen molar-refractivity contribution >= 4 is 17.6 Å². The number of pyridine rings is 1. The average molecular weight is 183 g/mol. The maximum Gasteiger partial charge on any atom is 0.123 e. The molecule has 0 saturated carbocycles. The number of rotatable bonds is 4. The second-order valence-corrected chi connectivity index (χ2v) is 3.58. The number of hydrogen-bond acceptors (Lipinski definition) is 4. The van der Waals surface area contributed by atoms with E-state index in [-0.39, 0.29) is 0 Å². The highest BCUT2D eigenvalue weighted by Crippen LogP contribution is 2.17. The van der Waals surface area contributed by atoms with Crippen molar-refractivity contribution < 1.29 is 0 Å². The molecular formula is C8H13N3S. The quantitative estimate of drug-likeness (QED) is 0.542. The van der Waals surface area contributed by atoms with Gasteiger partial charge in [-0.2, -0.15) is 0 Å². The van der Waals surface area contributed by atoms with Crippen LogP contribution in [0.3, 0.4) is 0 Å². The van der Waals surface area contributed by atoms with E-state index < -0.39 is 0 Å². The number of thioether (sulfide) groups is 1. The Labute approximate surface area is 76.5 Å². The number of hydrogen-bond donors (Lipinski definition) is 2. The Kier molecular flexibility index (Phi) is 3.90. The molecule has 1 heterocycles. The van der Waals surface area contributed by atoms with Gasteiger partial charge in [-0.1, -0.05) is 0 Å². The molecule has 0 aromatic carbocycles. The summed E-state index contributed by atoms with van der Waals surface area (Å²) in [6.45, 7) is 0.745. The summed E-state index contributed by atoms with van der Waals surface area (Å²) in [5.41, 5.74) is 10.8. The normalized spacial score (nSPS) is 10.1. The van der Waals surface area contributed by atoms with Crippen molar-refractivity contribution in [3.63, 3.8) is 0 Å². The van der Waals surface area contributed by atoms with Crippen LogP contribution < -0.4 is 11.5 Å². The largest absolute Gasteiger partial charge is 0.384 e. The highest BCUT2D eigenvalue weighted by Gasteiger charge is 1.93. The van der Waals surface area contributed by atoms with Crippen molar-refractivity contribution in [1.82, 2.24) is 4.98 Å². The molecule has 3 nitrogen and oxygen atoms in total. The van der Waals surface area contributed by atoms with Gasteiger partial charge < -0.3 is 11.5 Å². The Morgan fingerprint density at radius 3 is 2.83 bits per heavy atom. The van der Waals surface area contributed by atoms with Gasteiger partial charge in [-0.05, 0) is 30.9 Å². The smallest absolute Gasteiger partial charge is 0.123 e. The minimum absolute atomic E-state index is 0.568. The molecular weight excluding hydrogens is 170 g/mol. The van der Waals surface area contributed by atoms with E-state index in [2.05, 4.69) is 4.98 Å². The summed E-state index contributed by atoms with van der Waals surface area (Å²) >= 11 is 1.76. The Morgan fingerprint density at radius 2 is 2.25 bits per heavy atom. The molecule has 0 aliphatic rings. The van der Waals surface area contributed by atoms with E-state index in [4.69, 9.17) is 11.5 Å². The van der Waals surface area contributed by atoms with Gasteiger partial charge in [-0.3, -0.25) is 0 Å². The van der Waals surface area contributed by atoms with E-state index in [1.807, 2.05) is 12.1 Å². The molecule has 0 aliphatic heterocycles. The predicted molar refractivity (Wildman–Crippen MR) is 53.0 cm³/mol. The summed E-state index contributed by atoms with van der Waals surface area (Å²) in [5, 5.41) is 0. The highest BCUT2D eigenvalue weighted by molar-refractivity contribution is 7.99. The van der Waals surface area contributed by atoms with Crippen LogP contribution in [0.4, 0.5) is 5.82 Å². The second-order valence-electron chi connectivity index (χ2n) is 2.41. The van der Waals surface area contributed by atoms with E-state index in [1.54, 1.807) is 18.0 Å². The van der Waals surface area contributed by atoms with E-state index in [9.17, 15) is 0 Å². The molecule has 0 spiro atoms. The number of nitrogens with two attached hydrogens (primary N) is 2. The molecule has 0 saturated heterocycles. The monoisotopic (exact) mass is 183 g/mol. The maximum atomic E-state index is 5.44. The summed E-state index contributed by atoms with van der Waals surface area (Å²) in [5.74, 6) is 1.61. The molecule has 0 bridgehead atoms. The molecule has 12 heavy (non-hydrogen) atoms. The van der Waals surface area contributed by atoms with Gasteiger partial charge in [0.1, 0.15) is 5.82 Å². The number of anilines is 1. The van der Waals surface area contributed by atoms with Gasteiger partial charge in [-0.15, -0.1) is 11.8 Å². The molecule has 4 heteroatoms. The van der Waals surface area contributed by atoms with Gasteiger partial charge >= 0.3 is 0 Å². The maximum absolute atomic E-state index is 5.44. The zero-order chi connectivity index (χ0) is 8.81. The first-order chi connectivity index (χ1) is 5.83. The molecule has 0 atom stereocenters. The van der Waals surface area contributed by atoms with Crippen LogP contribution in [0, 0.1) is 0 Å². The predicted octanol–water partition coefficient (Wildman–Crippen LogP) is 1.10. The van der Waals surface area contributed by atoms with Crippen molar-refractivity contribution in [3.05, 3.63) is 18.3 Å². The Bertz CT molecular complexity index is 222. The molecule has 1 rings (SSSR count). The van der Waals surface area contributed by atoms with Crippen LogP contribution in [0.5, 0.6) is 0 Å². The van der Waals surface area contributed by atoms with Gasteiger partial charge in [0, 0.05) is 11.1 Å². The lowest BCUT2D eigenvalue weighted by molar-refractivity contribution is 0.943. The second kappa shape index (κ2) is 5.00. The number of nitrogen functional groups attached to an aromatic ring is 1. The topological polar surface area (TPSA) is 64.9 Å². The number of nitrogens with zero attached hydrogens (tertiary/aromatic N) is 1. The molecule has 0 fully saturated rings. The third kappa shape index (κ3) is 3.11. The highest BCUT2D eigenvalue weighted by atomic mass is 32.2. The zero-order valence-corrected chi connectivity index (χ0v) is 7.68. The molecule has 0 amide bonds. The van der Waals surface area contributed by atoms with Crippen molar-refractivity contribution in [2.24, 2.45) is 5.73 Å². The first-order valence-electron chi connectivity index (χ1n) is 3.87. The summed E-state index contributed by atoms with van der Waals surface area (Å²) in [6.07, 6.45) is 2.82. The third-order valence-corrected chi connectivity index (χ3v) is 2.44. The van der Waals surface area contributed by atoms with Crippen LogP contribution in [0.2, 0.25) is 0 Å². The number of aromatic nitrogens is 1. The Morgan fingerprint density at radius 1 is 1.42 bits per heavy atom. The van der Waals surface area contributed by atoms with Gasteiger partial charge in [0.15, 0.2) is 0 Å². The molecule has 66 valence electrons. The van der Waals surface area contributed by atoms with Crippen molar-refractivity contribution in [3.8, 4) is 0 Å². The van der Waals surface area contributed by atoms with Crippen LogP contribution in [-0.4, -0.2) is 17.3 Å². The van der Waals surface area contributed by atoms with Crippen molar-refractivity contribution in [2.45, 2.75) is 11.3 Å². The van der Waals surface area contributed by atoms with Crippen molar-refractivity contribution in [2.75, 3.05) is 18.0 Å². The molecule has 0 aliphatic carbocycles. The van der Waals surface area contributed by atoms with Crippen LogP contribution in [-0.2, 0) is 0 Å². The molecule has 1 aromatic rings. The average Bonchev–Trinajstić information content (AvgIpc) is 2.09. The summed E-state index contributed by atoms with van der Waals surface area (Å²) in [6, 6.07) is 3.79. The molecule has 0 radical (unpaired) electrons. The van der Waals surface area contributed by atoms with E-state index in [0.717, 1.165) is 23.6 Å². The summed E-state index contributed by atoms with van der Waals surface area (Å²) in [7, 11) is 0. The fourth-order valence-electron chi connectivity index (χ4n) is 0.750. The lowest BCUT2D eigenvalue weighted by Gasteiger charge is -1.99. The first-order valence-corrected chi connectivity index (χ1v) is 4.86. The lowest BCUT2D eigenvalue weighted by atomic mass is 10.5. The van der Waals surface area contributed by atoms with Crippen LogP contribution >= 0.6 is 11.8 Å². The molecule has 0 unspecified atom stereocenters. The first kappa shape index (κ1) is 9.35. The fourth-order valence-corrected chi connectivity index (χ4v) is 1.59. The fraction of sp³-hybridized carbons (Fsp3) is 0.375. The van der Waals surface area contributed by atoms with Crippen LogP contribution in [0.1, 0.15) is 6.42 Å². The van der Waals surface area contributed by atoms with Crippen molar-refractivity contribution in [1.29, 1.82) is 0 Å². The van der Waals surface area contributed by atoms with Gasteiger partial charge in [0.25, 0.3) is 0 Å². The van der Waals surface area contributed by atoms with Gasteiger partial charge in [-0.25, -0.2) is 4.98 Å². The van der Waals surface area contributed by atoms with E-state index in [0.29, 0.717) is 5.82 Å².